The molecule has 0 amide bonds. The summed E-state index contributed by atoms with van der Waals surface area (Å²) in [4.78, 5) is 9.32. The number of guanidine groups is 1. The van der Waals surface area contributed by atoms with E-state index in [-0.39, 0.29) is 6.04 Å². The van der Waals surface area contributed by atoms with Crippen LogP contribution in [0.15, 0.2) is 35.3 Å². The highest BCUT2D eigenvalue weighted by Gasteiger charge is 2.16. The molecule has 1 saturated heterocycles. The van der Waals surface area contributed by atoms with E-state index < -0.39 is 0 Å². The van der Waals surface area contributed by atoms with E-state index in [9.17, 15) is 0 Å². The van der Waals surface area contributed by atoms with Crippen molar-refractivity contribution in [2.75, 3.05) is 53.4 Å². The minimum Gasteiger partial charge on any atom is -0.356 e. The summed E-state index contributed by atoms with van der Waals surface area (Å²) in [7, 11) is 4.03. The van der Waals surface area contributed by atoms with Crippen molar-refractivity contribution in [1.29, 1.82) is 0 Å². The second-order valence-electron chi connectivity index (χ2n) is 6.94. The third kappa shape index (κ3) is 6.13. The second-order valence-corrected chi connectivity index (χ2v) is 6.94. The molecule has 0 spiro atoms. The minimum atomic E-state index is 0.241. The van der Waals surface area contributed by atoms with E-state index in [0.717, 1.165) is 19.0 Å². The first-order valence-corrected chi connectivity index (χ1v) is 9.01. The lowest BCUT2D eigenvalue weighted by Crippen LogP contribution is -2.47. The van der Waals surface area contributed by atoms with E-state index in [4.69, 9.17) is 0 Å². The predicted octanol–water partition coefficient (Wildman–Crippen LogP) is 1.80. The normalized spacial score (nSPS) is 19.8. The number of piperazine rings is 1. The molecule has 1 aromatic carbocycles. The predicted molar refractivity (Wildman–Crippen MR) is 102 cm³/mol. The Kier molecular flexibility index (Phi) is 7.53. The maximum absolute atomic E-state index is 4.36. The topological polar surface area (TPSA) is 42.9 Å². The maximum Gasteiger partial charge on any atom is 0.191 e. The fraction of sp³-hybridized carbons (Fsp3) is 0.632. The van der Waals surface area contributed by atoms with Crippen LogP contribution < -0.4 is 10.6 Å². The molecule has 2 unspecified atom stereocenters. The SMILES string of the molecule is CN=C(NCC(C)CN1CCN(C)CC1)NC(C)c1ccccc1. The average Bonchev–Trinajstić information content (AvgIpc) is 2.61. The first-order chi connectivity index (χ1) is 11.6. The van der Waals surface area contributed by atoms with Gasteiger partial charge in [0.05, 0.1) is 6.04 Å². The van der Waals surface area contributed by atoms with E-state index in [1.54, 1.807) is 0 Å². The molecule has 2 atom stereocenters. The maximum atomic E-state index is 4.36. The van der Waals surface area contributed by atoms with Gasteiger partial charge in [-0.2, -0.15) is 0 Å². The minimum absolute atomic E-state index is 0.241. The van der Waals surface area contributed by atoms with Gasteiger partial charge in [0, 0.05) is 46.3 Å². The number of nitrogens with zero attached hydrogens (tertiary/aromatic N) is 3. The van der Waals surface area contributed by atoms with Crippen LogP contribution in [0.2, 0.25) is 0 Å². The Bertz CT molecular complexity index is 494. The van der Waals surface area contributed by atoms with Crippen LogP contribution in [0.3, 0.4) is 0 Å². The number of aliphatic imine (C=N–C) groups is 1. The van der Waals surface area contributed by atoms with Crippen molar-refractivity contribution < 1.29 is 0 Å². The molecule has 134 valence electrons. The summed E-state index contributed by atoms with van der Waals surface area (Å²) in [6.07, 6.45) is 0. The van der Waals surface area contributed by atoms with Crippen LogP contribution in [0.4, 0.5) is 0 Å². The van der Waals surface area contributed by atoms with Gasteiger partial charge in [-0.15, -0.1) is 0 Å². The van der Waals surface area contributed by atoms with Crippen LogP contribution in [0.5, 0.6) is 0 Å². The molecule has 0 bridgehead atoms. The fourth-order valence-corrected chi connectivity index (χ4v) is 3.03. The smallest absolute Gasteiger partial charge is 0.191 e. The zero-order valence-electron chi connectivity index (χ0n) is 15.6. The number of hydrogen-bond acceptors (Lipinski definition) is 3. The molecule has 1 heterocycles. The van der Waals surface area contributed by atoms with Crippen molar-refractivity contribution in [3.05, 3.63) is 35.9 Å². The molecular formula is C19H33N5. The largest absolute Gasteiger partial charge is 0.356 e. The molecular weight excluding hydrogens is 298 g/mol. The number of likely N-dealkylation sites (N-methyl/N-ethyl adjacent to an activating group) is 1. The van der Waals surface area contributed by atoms with E-state index >= 15 is 0 Å². The summed E-state index contributed by atoms with van der Waals surface area (Å²) in [5, 5.41) is 6.94. The third-order valence-corrected chi connectivity index (χ3v) is 4.66. The first-order valence-electron chi connectivity index (χ1n) is 9.01. The molecule has 2 rings (SSSR count). The van der Waals surface area contributed by atoms with Gasteiger partial charge in [-0.1, -0.05) is 37.3 Å². The molecule has 1 aromatic rings. The average molecular weight is 332 g/mol. The van der Waals surface area contributed by atoms with Crippen molar-refractivity contribution >= 4 is 5.96 Å². The lowest BCUT2D eigenvalue weighted by molar-refractivity contribution is 0.139. The summed E-state index contributed by atoms with van der Waals surface area (Å²) < 4.78 is 0. The lowest BCUT2D eigenvalue weighted by atomic mass is 10.1. The van der Waals surface area contributed by atoms with E-state index in [1.165, 1.54) is 31.7 Å². The van der Waals surface area contributed by atoms with Gasteiger partial charge in [0.15, 0.2) is 5.96 Å². The van der Waals surface area contributed by atoms with Gasteiger partial charge in [-0.25, -0.2) is 0 Å². The monoisotopic (exact) mass is 331 g/mol. The number of benzene rings is 1. The van der Waals surface area contributed by atoms with Gasteiger partial charge in [0.2, 0.25) is 0 Å². The second kappa shape index (κ2) is 9.64. The Labute approximate surface area is 147 Å². The van der Waals surface area contributed by atoms with Gasteiger partial charge in [0.25, 0.3) is 0 Å². The van der Waals surface area contributed by atoms with Gasteiger partial charge < -0.3 is 20.4 Å². The van der Waals surface area contributed by atoms with Crippen molar-refractivity contribution in [2.45, 2.75) is 19.9 Å². The van der Waals surface area contributed by atoms with E-state index in [2.05, 4.69) is 70.6 Å². The fourth-order valence-electron chi connectivity index (χ4n) is 3.03. The Morgan fingerprint density at radius 2 is 1.79 bits per heavy atom. The lowest BCUT2D eigenvalue weighted by Gasteiger charge is -2.34. The standard InChI is InChI=1S/C19H33N5/c1-16(15-24-12-10-23(4)11-13-24)14-21-19(20-3)22-17(2)18-8-6-5-7-9-18/h5-9,16-17H,10-15H2,1-4H3,(H2,20,21,22). The van der Waals surface area contributed by atoms with Crippen LogP contribution in [0.1, 0.15) is 25.5 Å². The van der Waals surface area contributed by atoms with Crippen molar-refractivity contribution in [2.24, 2.45) is 10.9 Å². The van der Waals surface area contributed by atoms with Gasteiger partial charge >= 0.3 is 0 Å². The van der Waals surface area contributed by atoms with Crippen LogP contribution in [0, 0.1) is 5.92 Å². The van der Waals surface area contributed by atoms with Gasteiger partial charge in [-0.3, -0.25) is 4.99 Å². The van der Waals surface area contributed by atoms with Crippen LogP contribution in [-0.2, 0) is 0 Å². The summed E-state index contributed by atoms with van der Waals surface area (Å²) in [5.41, 5.74) is 1.27. The Hall–Kier alpha value is -1.59. The van der Waals surface area contributed by atoms with Crippen molar-refractivity contribution in [3.63, 3.8) is 0 Å². The highest BCUT2D eigenvalue weighted by molar-refractivity contribution is 5.80. The highest BCUT2D eigenvalue weighted by Crippen LogP contribution is 2.10. The number of nitrogens with one attached hydrogen (secondary N) is 2. The Balaban J connectivity index is 1.73. The number of hydrogen-bond donors (Lipinski definition) is 2. The third-order valence-electron chi connectivity index (χ3n) is 4.66. The molecule has 0 aliphatic carbocycles. The van der Waals surface area contributed by atoms with Crippen LogP contribution in [0.25, 0.3) is 0 Å². The molecule has 0 aromatic heterocycles. The van der Waals surface area contributed by atoms with E-state index in [1.807, 2.05) is 13.1 Å². The molecule has 1 fully saturated rings. The molecule has 5 heteroatoms. The summed E-state index contributed by atoms with van der Waals surface area (Å²) in [6.45, 7) is 11.3. The Morgan fingerprint density at radius 3 is 2.42 bits per heavy atom. The summed E-state index contributed by atoms with van der Waals surface area (Å²) in [5.74, 6) is 1.47. The van der Waals surface area contributed by atoms with Crippen molar-refractivity contribution in [3.8, 4) is 0 Å². The Morgan fingerprint density at radius 1 is 1.12 bits per heavy atom. The zero-order valence-corrected chi connectivity index (χ0v) is 15.6. The highest BCUT2D eigenvalue weighted by atomic mass is 15.2. The molecule has 24 heavy (non-hydrogen) atoms. The summed E-state index contributed by atoms with van der Waals surface area (Å²) in [6, 6.07) is 10.7. The van der Waals surface area contributed by atoms with Crippen LogP contribution in [-0.4, -0.2) is 69.1 Å². The van der Waals surface area contributed by atoms with Crippen molar-refractivity contribution in [1.82, 2.24) is 20.4 Å². The zero-order chi connectivity index (χ0) is 17.4. The van der Waals surface area contributed by atoms with Crippen LogP contribution >= 0.6 is 0 Å². The summed E-state index contributed by atoms with van der Waals surface area (Å²) >= 11 is 0. The quantitative estimate of drug-likeness (QED) is 0.616. The van der Waals surface area contributed by atoms with Gasteiger partial charge in [-0.05, 0) is 25.5 Å². The molecule has 1 aliphatic heterocycles. The molecule has 5 nitrogen and oxygen atoms in total. The van der Waals surface area contributed by atoms with Gasteiger partial charge in [0.1, 0.15) is 0 Å². The molecule has 0 saturated carbocycles. The number of rotatable bonds is 6. The first kappa shape index (κ1) is 18.7. The molecule has 0 radical (unpaired) electrons. The molecule has 1 aliphatic rings. The van der Waals surface area contributed by atoms with E-state index in [0.29, 0.717) is 5.92 Å². The molecule has 2 N–H and O–H groups in total.